The van der Waals surface area contributed by atoms with Crippen molar-refractivity contribution in [3.8, 4) is 11.5 Å². The van der Waals surface area contributed by atoms with E-state index in [9.17, 15) is 18.0 Å². The van der Waals surface area contributed by atoms with Crippen LogP contribution >= 0.6 is 0 Å². The Morgan fingerprint density at radius 2 is 1.79 bits per heavy atom. The second-order valence-electron chi connectivity index (χ2n) is 7.70. The Labute approximate surface area is 194 Å². The van der Waals surface area contributed by atoms with Crippen molar-refractivity contribution in [3.63, 3.8) is 0 Å². The van der Waals surface area contributed by atoms with Gasteiger partial charge < -0.3 is 20.1 Å². The van der Waals surface area contributed by atoms with Gasteiger partial charge in [0.25, 0.3) is 0 Å². The highest BCUT2D eigenvalue weighted by molar-refractivity contribution is 7.89. The van der Waals surface area contributed by atoms with Crippen LogP contribution < -0.4 is 20.1 Å². The predicted octanol–water partition coefficient (Wildman–Crippen LogP) is 2.25. The van der Waals surface area contributed by atoms with E-state index < -0.39 is 15.9 Å². The molecular weight excluding hydrogens is 446 g/mol. The summed E-state index contributed by atoms with van der Waals surface area (Å²) in [5, 5.41) is 5.51. The maximum atomic E-state index is 13.0. The van der Waals surface area contributed by atoms with E-state index in [0.717, 1.165) is 0 Å². The molecule has 1 aliphatic rings. The van der Waals surface area contributed by atoms with Crippen LogP contribution in [0.1, 0.15) is 19.3 Å². The van der Waals surface area contributed by atoms with Gasteiger partial charge in [0.2, 0.25) is 21.8 Å². The molecule has 2 amide bonds. The Hall–Kier alpha value is -3.11. The summed E-state index contributed by atoms with van der Waals surface area (Å²) in [5.74, 6) is 0.246. The highest BCUT2D eigenvalue weighted by Crippen LogP contribution is 2.25. The molecule has 1 atom stereocenters. The van der Waals surface area contributed by atoms with E-state index >= 15 is 0 Å². The van der Waals surface area contributed by atoms with Gasteiger partial charge in [-0.15, -0.1) is 0 Å². The molecule has 0 saturated carbocycles. The van der Waals surface area contributed by atoms with Crippen molar-refractivity contribution in [2.45, 2.75) is 24.2 Å². The fourth-order valence-electron chi connectivity index (χ4n) is 3.64. The first-order chi connectivity index (χ1) is 15.8. The third-order valence-corrected chi connectivity index (χ3v) is 7.34. The normalized spacial score (nSPS) is 16.6. The average molecular weight is 476 g/mol. The number of hydrogen-bond acceptors (Lipinski definition) is 6. The minimum atomic E-state index is -3.70. The molecule has 1 aliphatic heterocycles. The van der Waals surface area contributed by atoms with Crippen LogP contribution in [0, 0.1) is 5.92 Å². The fourth-order valence-corrected chi connectivity index (χ4v) is 5.16. The molecule has 0 spiro atoms. The summed E-state index contributed by atoms with van der Waals surface area (Å²) in [7, 11) is -0.644. The van der Waals surface area contributed by atoms with Crippen LogP contribution in [0.4, 0.5) is 5.69 Å². The highest BCUT2D eigenvalue weighted by atomic mass is 32.2. The molecule has 0 radical (unpaired) electrons. The van der Waals surface area contributed by atoms with E-state index in [0.29, 0.717) is 36.6 Å². The van der Waals surface area contributed by atoms with Crippen molar-refractivity contribution < 1.29 is 27.5 Å². The summed E-state index contributed by atoms with van der Waals surface area (Å²) in [6, 6.07) is 13.2. The smallest absolute Gasteiger partial charge is 0.243 e. The number of nitrogens with zero attached hydrogens (tertiary/aromatic N) is 1. The number of anilines is 1. The fraction of sp³-hybridized carbons (Fsp3) is 0.391. The van der Waals surface area contributed by atoms with E-state index in [2.05, 4.69) is 10.6 Å². The van der Waals surface area contributed by atoms with Crippen molar-refractivity contribution in [2.75, 3.05) is 39.2 Å². The van der Waals surface area contributed by atoms with E-state index in [4.69, 9.17) is 9.47 Å². The van der Waals surface area contributed by atoms with Crippen molar-refractivity contribution >= 4 is 27.5 Å². The molecule has 1 heterocycles. The maximum absolute atomic E-state index is 13.0. The molecule has 1 fully saturated rings. The van der Waals surface area contributed by atoms with Gasteiger partial charge in [0.1, 0.15) is 11.5 Å². The molecule has 2 aromatic carbocycles. The van der Waals surface area contributed by atoms with Gasteiger partial charge >= 0.3 is 0 Å². The lowest BCUT2D eigenvalue weighted by atomic mass is 9.99. The summed E-state index contributed by atoms with van der Waals surface area (Å²) in [5.41, 5.74) is 0.609. The first-order valence-corrected chi connectivity index (χ1v) is 12.1. The van der Waals surface area contributed by atoms with Crippen molar-refractivity contribution in [3.05, 3.63) is 48.5 Å². The Bertz CT molecular complexity index is 1070. The van der Waals surface area contributed by atoms with Crippen molar-refractivity contribution in [2.24, 2.45) is 5.92 Å². The summed E-state index contributed by atoms with van der Waals surface area (Å²) in [6.45, 7) is 0.633. The number of carbonyl (C=O) groups is 2. The van der Waals surface area contributed by atoms with E-state index in [1.807, 2.05) is 0 Å². The second-order valence-corrected chi connectivity index (χ2v) is 9.64. The molecule has 0 bridgehead atoms. The zero-order valence-corrected chi connectivity index (χ0v) is 19.6. The first kappa shape index (κ1) is 24.5. The number of nitrogens with one attached hydrogen (secondary N) is 2. The van der Waals surface area contributed by atoms with Crippen LogP contribution in [0.25, 0.3) is 0 Å². The number of amides is 2. The van der Waals surface area contributed by atoms with Crippen LogP contribution in [0.15, 0.2) is 53.4 Å². The second kappa shape index (κ2) is 11.2. The molecule has 33 heavy (non-hydrogen) atoms. The van der Waals surface area contributed by atoms with Crippen molar-refractivity contribution in [1.29, 1.82) is 0 Å². The molecule has 0 aromatic heterocycles. The van der Waals surface area contributed by atoms with Crippen LogP contribution in [0.2, 0.25) is 0 Å². The third kappa shape index (κ3) is 6.45. The minimum absolute atomic E-state index is 0.101. The maximum Gasteiger partial charge on any atom is 0.243 e. The zero-order valence-electron chi connectivity index (χ0n) is 18.7. The van der Waals surface area contributed by atoms with Gasteiger partial charge in [0.15, 0.2) is 0 Å². The Kier molecular flexibility index (Phi) is 8.29. The van der Waals surface area contributed by atoms with E-state index in [1.54, 1.807) is 43.5 Å². The molecule has 2 aromatic rings. The number of ether oxygens (including phenoxy) is 2. The molecule has 0 aliphatic carbocycles. The monoisotopic (exact) mass is 475 g/mol. The lowest BCUT2D eigenvalue weighted by Crippen LogP contribution is -2.45. The van der Waals surface area contributed by atoms with Gasteiger partial charge in [-0.1, -0.05) is 6.07 Å². The lowest BCUT2D eigenvalue weighted by molar-refractivity contribution is -0.126. The number of methoxy groups -OCH3 is 2. The van der Waals surface area contributed by atoms with Crippen LogP contribution in [-0.2, 0) is 19.6 Å². The van der Waals surface area contributed by atoms with Crippen LogP contribution in [0.5, 0.6) is 11.5 Å². The van der Waals surface area contributed by atoms with Crippen LogP contribution in [0.3, 0.4) is 0 Å². The SMILES string of the molecule is COc1ccc(S(=O)(=O)N2CCCC(C(=O)NCCC(=O)Nc3cccc(OC)c3)C2)cc1. The average Bonchev–Trinajstić information content (AvgIpc) is 2.84. The van der Waals surface area contributed by atoms with Gasteiger partial charge in [0, 0.05) is 37.8 Å². The summed E-state index contributed by atoms with van der Waals surface area (Å²) >= 11 is 0. The predicted molar refractivity (Wildman–Crippen MR) is 124 cm³/mol. The minimum Gasteiger partial charge on any atom is -0.497 e. The topological polar surface area (TPSA) is 114 Å². The molecule has 178 valence electrons. The van der Waals surface area contributed by atoms with E-state index in [1.165, 1.54) is 23.5 Å². The molecule has 2 N–H and O–H groups in total. The van der Waals surface area contributed by atoms with E-state index in [-0.39, 0.29) is 36.2 Å². The Morgan fingerprint density at radius 3 is 2.48 bits per heavy atom. The Morgan fingerprint density at radius 1 is 1.06 bits per heavy atom. The van der Waals surface area contributed by atoms with Gasteiger partial charge in [-0.05, 0) is 49.2 Å². The largest absolute Gasteiger partial charge is 0.497 e. The lowest BCUT2D eigenvalue weighted by Gasteiger charge is -2.31. The molecule has 1 unspecified atom stereocenters. The Balaban J connectivity index is 1.50. The molecule has 1 saturated heterocycles. The molecular formula is C23H29N3O6S. The summed E-state index contributed by atoms with van der Waals surface area (Å²) in [4.78, 5) is 24.9. The van der Waals surface area contributed by atoms with Crippen molar-refractivity contribution in [1.82, 2.24) is 9.62 Å². The third-order valence-electron chi connectivity index (χ3n) is 5.46. The number of carbonyl (C=O) groups excluding carboxylic acids is 2. The number of hydrogen-bond donors (Lipinski definition) is 2. The standard InChI is InChI=1S/C23H29N3O6S/c1-31-19-8-10-21(11-9-19)33(29,30)26-14-4-5-17(16-26)23(28)24-13-12-22(27)25-18-6-3-7-20(15-18)32-2/h3,6-11,15,17H,4-5,12-14,16H2,1-2H3,(H,24,28)(H,25,27). The van der Waals surface area contributed by atoms with Crippen LogP contribution in [-0.4, -0.2) is 58.4 Å². The van der Waals surface area contributed by atoms with Gasteiger partial charge in [-0.3, -0.25) is 9.59 Å². The van der Waals surface area contributed by atoms with Gasteiger partial charge in [-0.2, -0.15) is 4.31 Å². The number of rotatable bonds is 9. The molecule has 10 heteroatoms. The number of benzene rings is 2. The first-order valence-electron chi connectivity index (χ1n) is 10.7. The van der Waals surface area contributed by atoms with Gasteiger partial charge in [0.05, 0.1) is 25.0 Å². The zero-order chi connectivity index (χ0) is 23.8. The summed E-state index contributed by atoms with van der Waals surface area (Å²) < 4.78 is 37.5. The molecule has 9 nitrogen and oxygen atoms in total. The summed E-state index contributed by atoms with van der Waals surface area (Å²) in [6.07, 6.45) is 1.28. The molecule has 3 rings (SSSR count). The van der Waals surface area contributed by atoms with Gasteiger partial charge in [-0.25, -0.2) is 8.42 Å². The number of sulfonamides is 1. The quantitative estimate of drug-likeness (QED) is 0.575. The number of piperidine rings is 1. The highest BCUT2D eigenvalue weighted by Gasteiger charge is 2.33.